The van der Waals surface area contributed by atoms with Crippen molar-refractivity contribution in [1.82, 2.24) is 4.72 Å². The van der Waals surface area contributed by atoms with E-state index in [0.29, 0.717) is 10.8 Å². The van der Waals surface area contributed by atoms with Gasteiger partial charge < -0.3 is 4.74 Å². The molecular weight excluding hydrogens is 370 g/mol. The van der Waals surface area contributed by atoms with Crippen LogP contribution < -0.4 is 9.46 Å². The molecule has 0 heterocycles. The molecule has 144 valence electrons. The Morgan fingerprint density at radius 2 is 1.77 bits per heavy atom. The summed E-state index contributed by atoms with van der Waals surface area (Å²) in [6.45, 7) is 2.10. The van der Waals surface area contributed by atoms with Crippen LogP contribution in [0.5, 0.6) is 5.75 Å². The van der Waals surface area contributed by atoms with E-state index in [4.69, 9.17) is 16.3 Å². The molecule has 4 saturated carbocycles. The highest BCUT2D eigenvalue weighted by molar-refractivity contribution is 7.89. The van der Waals surface area contributed by atoms with Crippen molar-refractivity contribution >= 4 is 21.6 Å². The van der Waals surface area contributed by atoms with Crippen molar-refractivity contribution in [3.8, 4) is 5.75 Å². The molecule has 0 amide bonds. The molecule has 4 aliphatic rings. The van der Waals surface area contributed by atoms with Gasteiger partial charge in [0.2, 0.25) is 10.0 Å². The Labute approximate surface area is 161 Å². The maximum absolute atomic E-state index is 13.2. The van der Waals surface area contributed by atoms with Crippen LogP contribution in [0, 0.1) is 23.2 Å². The highest BCUT2D eigenvalue weighted by Gasteiger charge is 2.54. The van der Waals surface area contributed by atoms with Gasteiger partial charge in [-0.2, -0.15) is 0 Å². The highest BCUT2D eigenvalue weighted by Crippen LogP contribution is 2.61. The van der Waals surface area contributed by atoms with E-state index in [-0.39, 0.29) is 16.4 Å². The predicted molar refractivity (Wildman–Crippen MR) is 103 cm³/mol. The molecule has 1 atom stereocenters. The molecule has 0 aromatic heterocycles. The van der Waals surface area contributed by atoms with Gasteiger partial charge in [0.1, 0.15) is 10.6 Å². The standard InChI is InChI=1S/C20H28ClNO3S/c1-3-19(20-10-13-6-14(11-20)8-15(7-13)12-20)22-26(23,24)18-9-16(21)4-5-17(18)25-2/h4-5,9,13-15,19,22H,3,6-8,10-12H2,1-2H3. The maximum atomic E-state index is 13.2. The Morgan fingerprint density at radius 3 is 2.27 bits per heavy atom. The second-order valence-corrected chi connectivity index (χ2v) is 10.8. The van der Waals surface area contributed by atoms with Crippen LogP contribution in [-0.2, 0) is 10.0 Å². The lowest BCUT2D eigenvalue weighted by Crippen LogP contribution is -2.56. The first-order valence-corrected chi connectivity index (χ1v) is 11.6. The van der Waals surface area contributed by atoms with Gasteiger partial charge in [-0.25, -0.2) is 13.1 Å². The topological polar surface area (TPSA) is 55.4 Å². The van der Waals surface area contributed by atoms with E-state index in [1.807, 2.05) is 0 Å². The summed E-state index contributed by atoms with van der Waals surface area (Å²) >= 11 is 6.06. The van der Waals surface area contributed by atoms with Crippen LogP contribution in [0.15, 0.2) is 23.1 Å². The van der Waals surface area contributed by atoms with E-state index in [9.17, 15) is 8.42 Å². The molecule has 1 aromatic rings. The fourth-order valence-electron chi connectivity index (χ4n) is 6.36. The zero-order chi connectivity index (χ0) is 18.5. The van der Waals surface area contributed by atoms with E-state index >= 15 is 0 Å². The first kappa shape index (κ1) is 18.6. The van der Waals surface area contributed by atoms with Crippen LogP contribution in [-0.4, -0.2) is 21.6 Å². The number of ether oxygens (including phenoxy) is 1. The van der Waals surface area contributed by atoms with Gasteiger partial charge in [0.05, 0.1) is 7.11 Å². The summed E-state index contributed by atoms with van der Waals surface area (Å²) in [6, 6.07) is 4.72. The molecule has 6 heteroatoms. The lowest BCUT2D eigenvalue weighted by atomic mass is 9.47. The Kier molecular flexibility index (Phi) is 4.77. The minimum atomic E-state index is -3.69. The van der Waals surface area contributed by atoms with E-state index in [1.165, 1.54) is 51.7 Å². The lowest BCUT2D eigenvalue weighted by Gasteiger charge is -2.59. The van der Waals surface area contributed by atoms with Crippen molar-refractivity contribution in [3.63, 3.8) is 0 Å². The minimum Gasteiger partial charge on any atom is -0.495 e. The Morgan fingerprint density at radius 1 is 1.19 bits per heavy atom. The SMILES string of the molecule is CCC(NS(=O)(=O)c1cc(Cl)ccc1OC)C12CC3CC(CC(C3)C1)C2. The third-order valence-electron chi connectivity index (χ3n) is 6.95. The molecule has 4 nitrogen and oxygen atoms in total. The third-order valence-corrected chi connectivity index (χ3v) is 8.67. The molecule has 1 N–H and O–H groups in total. The summed E-state index contributed by atoms with van der Waals surface area (Å²) in [7, 11) is -2.21. The molecule has 4 bridgehead atoms. The van der Waals surface area contributed by atoms with Gasteiger partial charge >= 0.3 is 0 Å². The number of hydrogen-bond donors (Lipinski definition) is 1. The quantitative estimate of drug-likeness (QED) is 0.761. The molecule has 0 aliphatic heterocycles. The predicted octanol–water partition coefficient (Wildman–Crippen LogP) is 4.62. The number of hydrogen-bond acceptors (Lipinski definition) is 3. The van der Waals surface area contributed by atoms with Crippen molar-refractivity contribution in [3.05, 3.63) is 23.2 Å². The molecular formula is C20H28ClNO3S. The summed E-state index contributed by atoms with van der Waals surface area (Å²) in [5.41, 5.74) is 0.127. The van der Waals surface area contributed by atoms with E-state index < -0.39 is 10.0 Å². The molecule has 5 rings (SSSR count). The lowest BCUT2D eigenvalue weighted by molar-refractivity contribution is -0.0704. The first-order chi connectivity index (χ1) is 12.3. The van der Waals surface area contributed by atoms with Crippen molar-refractivity contribution in [2.24, 2.45) is 23.2 Å². The Hall–Kier alpha value is -0.780. The van der Waals surface area contributed by atoms with Gasteiger partial charge in [-0.15, -0.1) is 0 Å². The zero-order valence-electron chi connectivity index (χ0n) is 15.5. The highest BCUT2D eigenvalue weighted by atomic mass is 35.5. The largest absolute Gasteiger partial charge is 0.495 e. The fraction of sp³-hybridized carbons (Fsp3) is 0.700. The van der Waals surface area contributed by atoms with Gasteiger partial charge in [-0.3, -0.25) is 0 Å². The second kappa shape index (κ2) is 6.68. The monoisotopic (exact) mass is 397 g/mol. The Bertz CT molecular complexity index is 757. The third kappa shape index (κ3) is 3.16. The van der Waals surface area contributed by atoms with E-state index in [1.54, 1.807) is 12.1 Å². The molecule has 0 saturated heterocycles. The van der Waals surface area contributed by atoms with Crippen molar-refractivity contribution in [1.29, 1.82) is 0 Å². The van der Waals surface area contributed by atoms with Crippen LogP contribution in [0.25, 0.3) is 0 Å². The minimum absolute atomic E-state index is 0.0235. The summed E-state index contributed by atoms with van der Waals surface area (Å²) in [6.07, 6.45) is 8.39. The van der Waals surface area contributed by atoms with Crippen LogP contribution in [0.2, 0.25) is 5.02 Å². The number of rotatable bonds is 6. The van der Waals surface area contributed by atoms with Crippen LogP contribution in [0.3, 0.4) is 0 Å². The Balaban J connectivity index is 1.64. The summed E-state index contributed by atoms with van der Waals surface area (Å²) in [5, 5.41) is 0.397. The smallest absolute Gasteiger partial charge is 0.244 e. The average molecular weight is 398 g/mol. The van der Waals surface area contributed by atoms with Crippen LogP contribution >= 0.6 is 11.6 Å². The van der Waals surface area contributed by atoms with Crippen LogP contribution in [0.4, 0.5) is 0 Å². The summed E-state index contributed by atoms with van der Waals surface area (Å²) < 4.78 is 34.7. The van der Waals surface area contributed by atoms with Crippen molar-refractivity contribution in [2.75, 3.05) is 7.11 Å². The molecule has 1 unspecified atom stereocenters. The summed E-state index contributed by atoms with van der Waals surface area (Å²) in [4.78, 5) is 0.135. The first-order valence-electron chi connectivity index (χ1n) is 9.71. The molecule has 0 radical (unpaired) electrons. The molecule has 26 heavy (non-hydrogen) atoms. The molecule has 0 spiro atoms. The molecule has 4 fully saturated rings. The number of halogens is 1. The maximum Gasteiger partial charge on any atom is 0.244 e. The van der Waals surface area contributed by atoms with E-state index in [0.717, 1.165) is 24.2 Å². The number of benzene rings is 1. The molecule has 1 aromatic carbocycles. The zero-order valence-corrected chi connectivity index (χ0v) is 17.1. The average Bonchev–Trinajstić information content (AvgIpc) is 2.58. The summed E-state index contributed by atoms with van der Waals surface area (Å²) in [5.74, 6) is 2.71. The van der Waals surface area contributed by atoms with E-state index in [2.05, 4.69) is 11.6 Å². The number of nitrogens with one attached hydrogen (secondary N) is 1. The van der Waals surface area contributed by atoms with Gasteiger partial charge in [0.25, 0.3) is 0 Å². The van der Waals surface area contributed by atoms with Crippen molar-refractivity contribution in [2.45, 2.75) is 62.8 Å². The van der Waals surface area contributed by atoms with Gasteiger partial charge in [0, 0.05) is 11.1 Å². The number of sulfonamides is 1. The van der Waals surface area contributed by atoms with Gasteiger partial charge in [-0.1, -0.05) is 18.5 Å². The number of methoxy groups -OCH3 is 1. The van der Waals surface area contributed by atoms with Gasteiger partial charge in [0.15, 0.2) is 0 Å². The fourth-order valence-corrected chi connectivity index (χ4v) is 8.21. The van der Waals surface area contributed by atoms with Crippen molar-refractivity contribution < 1.29 is 13.2 Å². The normalized spacial score (nSPS) is 34.0. The molecule has 4 aliphatic carbocycles. The van der Waals surface area contributed by atoms with Crippen LogP contribution in [0.1, 0.15) is 51.9 Å². The second-order valence-electron chi connectivity index (χ2n) is 8.66. The van der Waals surface area contributed by atoms with Gasteiger partial charge in [-0.05, 0) is 86.3 Å².